The van der Waals surface area contributed by atoms with Gasteiger partial charge >= 0.3 is 0 Å². The number of hydrogen-bond donors (Lipinski definition) is 2. The first-order valence-electron chi connectivity index (χ1n) is 6.42. The fourth-order valence-electron chi connectivity index (χ4n) is 2.35. The van der Waals surface area contributed by atoms with Crippen LogP contribution < -0.4 is 10.9 Å². The highest BCUT2D eigenvalue weighted by atomic mass is 16.3. The molecule has 0 aromatic carbocycles. The van der Waals surface area contributed by atoms with Gasteiger partial charge < -0.3 is 14.7 Å². The highest BCUT2D eigenvalue weighted by molar-refractivity contribution is 6.06. The third-order valence-corrected chi connectivity index (χ3v) is 3.67. The Labute approximate surface area is 109 Å². The van der Waals surface area contributed by atoms with Crippen molar-refractivity contribution in [1.29, 1.82) is 0 Å². The summed E-state index contributed by atoms with van der Waals surface area (Å²) in [5.41, 5.74) is 0.148. The molecule has 2 N–H and O–H groups in total. The highest BCUT2D eigenvalue weighted by Gasteiger charge is 2.23. The molecule has 0 atom stereocenters. The van der Waals surface area contributed by atoms with E-state index in [0.717, 1.165) is 12.8 Å². The van der Waals surface area contributed by atoms with Crippen LogP contribution in [-0.4, -0.2) is 22.4 Å². The van der Waals surface area contributed by atoms with Crippen LogP contribution in [0.4, 0.5) is 0 Å². The van der Waals surface area contributed by atoms with Crippen LogP contribution in [0.2, 0.25) is 0 Å². The molecule has 1 saturated carbocycles. The second-order valence-electron chi connectivity index (χ2n) is 4.95. The highest BCUT2D eigenvalue weighted by Crippen LogP contribution is 2.26. The van der Waals surface area contributed by atoms with Gasteiger partial charge in [0.05, 0.1) is 11.9 Å². The summed E-state index contributed by atoms with van der Waals surface area (Å²) in [6.07, 6.45) is 4.82. The smallest absolute Gasteiger partial charge is 0.262 e. The van der Waals surface area contributed by atoms with Crippen LogP contribution in [0.5, 0.6) is 0 Å². The van der Waals surface area contributed by atoms with Crippen molar-refractivity contribution in [3.05, 3.63) is 28.0 Å². The van der Waals surface area contributed by atoms with Crippen molar-refractivity contribution in [2.24, 2.45) is 5.92 Å². The summed E-state index contributed by atoms with van der Waals surface area (Å²) in [5.74, 6) is 0.728. The zero-order chi connectivity index (χ0) is 13.4. The fraction of sp³-hybridized carbons (Fsp3) is 0.462. The van der Waals surface area contributed by atoms with Gasteiger partial charge in [-0.2, -0.15) is 0 Å². The van der Waals surface area contributed by atoms with E-state index in [1.807, 2.05) is 0 Å². The number of aromatic amines is 1. The van der Waals surface area contributed by atoms with Crippen molar-refractivity contribution < 1.29 is 9.21 Å². The Hall–Kier alpha value is -2.11. The zero-order valence-electron chi connectivity index (χ0n) is 10.7. The minimum absolute atomic E-state index is 0.204. The van der Waals surface area contributed by atoms with Gasteiger partial charge in [-0.05, 0) is 25.7 Å². The van der Waals surface area contributed by atoms with Gasteiger partial charge in [0, 0.05) is 6.54 Å². The summed E-state index contributed by atoms with van der Waals surface area (Å²) in [5, 5.41) is 3.10. The Morgan fingerprint density at radius 1 is 1.58 bits per heavy atom. The Morgan fingerprint density at radius 2 is 2.37 bits per heavy atom. The summed E-state index contributed by atoms with van der Waals surface area (Å²) in [4.78, 5) is 30.4. The third-order valence-electron chi connectivity index (χ3n) is 3.67. The van der Waals surface area contributed by atoms with Crippen LogP contribution in [0.1, 0.15) is 35.4 Å². The molecule has 1 amide bonds. The average Bonchev–Trinajstić information content (AvgIpc) is 2.64. The predicted molar refractivity (Wildman–Crippen MR) is 69.0 cm³/mol. The van der Waals surface area contributed by atoms with E-state index in [1.54, 1.807) is 6.92 Å². The van der Waals surface area contributed by atoms with Crippen LogP contribution in [0.15, 0.2) is 15.5 Å². The monoisotopic (exact) mass is 261 g/mol. The third kappa shape index (κ3) is 2.03. The number of carbonyl (C=O) groups is 1. The van der Waals surface area contributed by atoms with Gasteiger partial charge in [0.25, 0.3) is 11.5 Å². The molecule has 1 fully saturated rings. The molecule has 3 rings (SSSR count). The maximum Gasteiger partial charge on any atom is 0.262 e. The second-order valence-corrected chi connectivity index (χ2v) is 4.95. The lowest BCUT2D eigenvalue weighted by atomic mass is 9.85. The largest absolute Gasteiger partial charge is 0.442 e. The molecule has 0 aliphatic heterocycles. The molecular weight excluding hydrogens is 246 g/mol. The first-order valence-corrected chi connectivity index (χ1v) is 6.42. The van der Waals surface area contributed by atoms with Gasteiger partial charge in [-0.25, -0.2) is 4.98 Å². The zero-order valence-corrected chi connectivity index (χ0v) is 10.7. The summed E-state index contributed by atoms with van der Waals surface area (Å²) < 4.78 is 5.36. The summed E-state index contributed by atoms with van der Waals surface area (Å²) >= 11 is 0. The van der Waals surface area contributed by atoms with E-state index < -0.39 is 0 Å². The van der Waals surface area contributed by atoms with Gasteiger partial charge in [-0.15, -0.1) is 0 Å². The number of hydrogen-bond acceptors (Lipinski definition) is 4. The molecule has 2 aromatic heterocycles. The minimum Gasteiger partial charge on any atom is -0.442 e. The maximum atomic E-state index is 12.2. The molecular formula is C13H15N3O3. The lowest BCUT2D eigenvalue weighted by Crippen LogP contribution is -2.32. The fourth-order valence-corrected chi connectivity index (χ4v) is 2.35. The molecule has 0 saturated heterocycles. The quantitative estimate of drug-likeness (QED) is 0.873. The van der Waals surface area contributed by atoms with Crippen molar-refractivity contribution >= 4 is 17.0 Å². The molecule has 0 spiro atoms. The minimum atomic E-state index is -0.351. The van der Waals surface area contributed by atoms with E-state index in [1.165, 1.54) is 12.7 Å². The number of amides is 1. The van der Waals surface area contributed by atoms with Crippen LogP contribution in [-0.2, 0) is 0 Å². The van der Waals surface area contributed by atoms with Crippen LogP contribution in [0, 0.1) is 12.8 Å². The second kappa shape index (κ2) is 4.53. The normalized spacial score (nSPS) is 15.4. The first-order chi connectivity index (χ1) is 9.16. The number of carbonyl (C=O) groups excluding carboxylic acids is 1. The number of aromatic nitrogens is 2. The Kier molecular flexibility index (Phi) is 2.85. The molecule has 2 aromatic rings. The molecule has 0 radical (unpaired) electrons. The number of aryl methyl sites for hydroxylation is 1. The Balaban J connectivity index is 1.92. The van der Waals surface area contributed by atoms with Crippen molar-refractivity contribution in [3.8, 4) is 0 Å². The lowest BCUT2D eigenvalue weighted by Gasteiger charge is -2.25. The number of furan rings is 1. The molecule has 0 unspecified atom stereocenters. The van der Waals surface area contributed by atoms with Crippen LogP contribution in [0.3, 0.4) is 0 Å². The number of fused-ring (bicyclic) bond motifs is 1. The number of H-pyrrole nitrogens is 1. The molecule has 0 bridgehead atoms. The molecule has 6 nitrogen and oxygen atoms in total. The van der Waals surface area contributed by atoms with Gasteiger partial charge in [0.1, 0.15) is 11.1 Å². The summed E-state index contributed by atoms with van der Waals surface area (Å²) in [6.45, 7) is 2.32. The van der Waals surface area contributed by atoms with Gasteiger partial charge in [-0.3, -0.25) is 9.59 Å². The van der Waals surface area contributed by atoms with Crippen molar-refractivity contribution in [2.45, 2.75) is 26.2 Å². The molecule has 1 aliphatic carbocycles. The first kappa shape index (κ1) is 12.0. The summed E-state index contributed by atoms with van der Waals surface area (Å²) in [7, 11) is 0. The molecule has 1 aliphatic rings. The number of nitrogens with one attached hydrogen (secondary N) is 2. The average molecular weight is 261 g/mol. The van der Waals surface area contributed by atoms with Gasteiger partial charge in [-0.1, -0.05) is 6.42 Å². The SMILES string of the molecule is Cc1oc2nc[nH]c(=O)c2c1C(=O)NCC1CCC1. The van der Waals surface area contributed by atoms with E-state index in [2.05, 4.69) is 15.3 Å². The van der Waals surface area contributed by atoms with E-state index in [4.69, 9.17) is 4.42 Å². The molecule has 100 valence electrons. The Bertz CT molecular complexity index is 682. The van der Waals surface area contributed by atoms with E-state index in [-0.39, 0.29) is 22.6 Å². The predicted octanol–water partition coefficient (Wildman–Crippen LogP) is 1.35. The molecule has 6 heteroatoms. The lowest BCUT2D eigenvalue weighted by molar-refractivity contribution is 0.0939. The summed E-state index contributed by atoms with van der Waals surface area (Å²) in [6, 6.07) is 0. The topological polar surface area (TPSA) is 88.0 Å². The van der Waals surface area contributed by atoms with Gasteiger partial charge in [0.15, 0.2) is 0 Å². The van der Waals surface area contributed by atoms with Crippen LogP contribution >= 0.6 is 0 Å². The van der Waals surface area contributed by atoms with Gasteiger partial charge in [0.2, 0.25) is 5.71 Å². The maximum absolute atomic E-state index is 12.2. The van der Waals surface area contributed by atoms with E-state index >= 15 is 0 Å². The van der Waals surface area contributed by atoms with Crippen molar-refractivity contribution in [3.63, 3.8) is 0 Å². The Morgan fingerprint density at radius 3 is 3.05 bits per heavy atom. The van der Waals surface area contributed by atoms with Crippen LogP contribution in [0.25, 0.3) is 11.1 Å². The molecule has 19 heavy (non-hydrogen) atoms. The van der Waals surface area contributed by atoms with E-state index in [9.17, 15) is 9.59 Å². The molecule has 2 heterocycles. The van der Waals surface area contributed by atoms with E-state index in [0.29, 0.717) is 23.8 Å². The number of rotatable bonds is 3. The van der Waals surface area contributed by atoms with Crippen molar-refractivity contribution in [1.82, 2.24) is 15.3 Å². The number of nitrogens with zero attached hydrogens (tertiary/aromatic N) is 1. The van der Waals surface area contributed by atoms with Crippen molar-refractivity contribution in [2.75, 3.05) is 6.54 Å². The standard InChI is InChI=1S/C13H15N3O3/c1-7-9(11(17)14-5-8-3-2-4-8)10-12(18)15-6-16-13(10)19-7/h6,8H,2-5H2,1H3,(H,14,17)(H,15,16,18).